The van der Waals surface area contributed by atoms with Crippen LogP contribution in [-0.4, -0.2) is 75.5 Å². The molecule has 2 heterocycles. The second-order valence-corrected chi connectivity index (χ2v) is 12.7. The maximum atomic E-state index is 13.5. The normalized spacial score (nSPS) is 23.6. The fourth-order valence-corrected chi connectivity index (χ4v) is 6.02. The van der Waals surface area contributed by atoms with Crippen molar-refractivity contribution in [2.75, 3.05) is 26.4 Å². The summed E-state index contributed by atoms with van der Waals surface area (Å²) < 4.78 is 42.1. The zero-order valence-corrected chi connectivity index (χ0v) is 28.6. The lowest BCUT2D eigenvalue weighted by atomic mass is 9.76. The molecule has 6 unspecified atom stereocenters. The van der Waals surface area contributed by atoms with E-state index < -0.39 is 37.1 Å². The first-order chi connectivity index (χ1) is 22.8. The molecule has 3 aliphatic rings. The van der Waals surface area contributed by atoms with Crippen molar-refractivity contribution in [3.8, 4) is 0 Å². The lowest BCUT2D eigenvalue weighted by Gasteiger charge is -2.31. The van der Waals surface area contributed by atoms with Crippen LogP contribution in [0.2, 0.25) is 0 Å². The van der Waals surface area contributed by atoms with Crippen LogP contribution in [0, 0.1) is 11.8 Å². The van der Waals surface area contributed by atoms with E-state index in [4.69, 9.17) is 37.9 Å². The molecule has 0 amide bonds. The molecule has 3 rings (SSSR count). The Balaban J connectivity index is 1.37. The summed E-state index contributed by atoms with van der Waals surface area (Å²) in [6.07, 6.45) is 12.9. The Morgan fingerprint density at radius 1 is 0.787 bits per heavy atom. The third-order valence-corrected chi connectivity index (χ3v) is 8.78. The molecule has 0 aromatic carbocycles. The van der Waals surface area contributed by atoms with Crippen LogP contribution in [0.4, 0.5) is 9.59 Å². The molecule has 0 saturated carbocycles. The van der Waals surface area contributed by atoms with E-state index in [1.54, 1.807) is 0 Å². The zero-order valence-electron chi connectivity index (χ0n) is 28.6. The van der Waals surface area contributed by atoms with Crippen molar-refractivity contribution in [3.05, 3.63) is 11.6 Å². The summed E-state index contributed by atoms with van der Waals surface area (Å²) in [6, 6.07) is 0. The van der Waals surface area contributed by atoms with Crippen molar-refractivity contribution in [2.45, 2.75) is 148 Å². The highest BCUT2D eigenvalue weighted by Gasteiger charge is 2.34. The standard InChI is InChI=1S/C35H56O12/c1-4-7-8-12-15-25-18-19-26(29(20-25)33(37)47-32(6-3)41-22-28-24-43-35(39)45-28)16-13-10-9-11-14-17-30(36)46-31(5-2)40-21-27-23-42-34(38)44-27/h18,26-29,31-32H,4-17,19-24H2,1-3H3. The number of ether oxygens (including phenoxy) is 8. The monoisotopic (exact) mass is 668 g/mol. The van der Waals surface area contributed by atoms with Gasteiger partial charge in [-0.25, -0.2) is 9.59 Å². The summed E-state index contributed by atoms with van der Waals surface area (Å²) in [5, 5.41) is 0. The SMILES string of the molecule is CCCCCCC1=CCC(CCCCCCCC(=O)OC(CC)OCC2COC(=O)O2)C(C(=O)OC(CC)OCC2COC(=O)O2)C1. The predicted octanol–water partition coefficient (Wildman–Crippen LogP) is 7.30. The van der Waals surface area contributed by atoms with Crippen molar-refractivity contribution < 1.29 is 57.1 Å². The number of unbranched alkanes of at least 4 members (excludes halogenated alkanes) is 7. The molecular formula is C35H56O12. The van der Waals surface area contributed by atoms with Gasteiger partial charge in [-0.2, -0.15) is 0 Å². The molecule has 1 aliphatic carbocycles. The predicted molar refractivity (Wildman–Crippen MR) is 170 cm³/mol. The molecule has 2 fully saturated rings. The molecule has 12 heteroatoms. The van der Waals surface area contributed by atoms with Gasteiger partial charge < -0.3 is 37.9 Å². The molecule has 47 heavy (non-hydrogen) atoms. The summed E-state index contributed by atoms with van der Waals surface area (Å²) in [5.41, 5.74) is 1.35. The third kappa shape index (κ3) is 14.8. The summed E-state index contributed by atoms with van der Waals surface area (Å²) in [4.78, 5) is 48.0. The highest BCUT2D eigenvalue weighted by atomic mass is 16.8. The van der Waals surface area contributed by atoms with Crippen molar-refractivity contribution >= 4 is 24.2 Å². The fourth-order valence-electron chi connectivity index (χ4n) is 6.02. The Morgan fingerprint density at radius 2 is 1.38 bits per heavy atom. The second-order valence-electron chi connectivity index (χ2n) is 12.7. The summed E-state index contributed by atoms with van der Waals surface area (Å²) in [7, 11) is 0. The maximum absolute atomic E-state index is 13.5. The van der Waals surface area contributed by atoms with Crippen LogP contribution in [0.1, 0.15) is 124 Å². The first-order valence-corrected chi connectivity index (χ1v) is 17.8. The van der Waals surface area contributed by atoms with Crippen LogP contribution in [0.15, 0.2) is 11.6 Å². The van der Waals surface area contributed by atoms with Crippen LogP contribution in [0.5, 0.6) is 0 Å². The molecule has 0 bridgehead atoms. The number of hydrogen-bond donors (Lipinski definition) is 0. The zero-order chi connectivity index (χ0) is 33.9. The molecule has 0 N–H and O–H groups in total. The largest absolute Gasteiger partial charge is 0.508 e. The van der Waals surface area contributed by atoms with E-state index in [9.17, 15) is 19.2 Å². The van der Waals surface area contributed by atoms with Gasteiger partial charge in [0, 0.05) is 19.3 Å². The maximum Gasteiger partial charge on any atom is 0.508 e. The molecule has 12 nitrogen and oxygen atoms in total. The van der Waals surface area contributed by atoms with Gasteiger partial charge in [0.25, 0.3) is 0 Å². The summed E-state index contributed by atoms with van der Waals surface area (Å²) >= 11 is 0. The van der Waals surface area contributed by atoms with E-state index in [1.807, 2.05) is 13.8 Å². The number of allylic oxidation sites excluding steroid dienone is 2. The quantitative estimate of drug-likeness (QED) is 0.0335. The highest BCUT2D eigenvalue weighted by molar-refractivity contribution is 5.73. The number of rotatable bonds is 24. The number of carbonyl (C=O) groups is 4. The first-order valence-electron chi connectivity index (χ1n) is 17.8. The topological polar surface area (TPSA) is 142 Å². The van der Waals surface area contributed by atoms with Gasteiger partial charge in [0.15, 0.2) is 12.2 Å². The molecule has 6 atom stereocenters. The number of esters is 2. The van der Waals surface area contributed by atoms with Crippen molar-refractivity contribution in [1.82, 2.24) is 0 Å². The van der Waals surface area contributed by atoms with Crippen LogP contribution >= 0.6 is 0 Å². The minimum Gasteiger partial charge on any atom is -0.436 e. The second kappa shape index (κ2) is 21.9. The van der Waals surface area contributed by atoms with Gasteiger partial charge in [-0.1, -0.05) is 77.4 Å². The van der Waals surface area contributed by atoms with Gasteiger partial charge in [-0.05, 0) is 44.4 Å². The van der Waals surface area contributed by atoms with Gasteiger partial charge in [-0.15, -0.1) is 0 Å². The number of hydrogen-bond acceptors (Lipinski definition) is 12. The van der Waals surface area contributed by atoms with E-state index in [0.717, 1.165) is 64.2 Å². The fraction of sp³-hybridized carbons (Fsp3) is 0.829. The van der Waals surface area contributed by atoms with Gasteiger partial charge in [0.05, 0.1) is 19.1 Å². The minimum atomic E-state index is -0.710. The molecule has 2 saturated heterocycles. The molecule has 0 aromatic rings. The lowest BCUT2D eigenvalue weighted by molar-refractivity contribution is -0.190. The Bertz CT molecular complexity index is 997. The third-order valence-electron chi connectivity index (χ3n) is 8.78. The molecule has 0 spiro atoms. The smallest absolute Gasteiger partial charge is 0.436 e. The van der Waals surface area contributed by atoms with Crippen molar-refractivity contribution in [3.63, 3.8) is 0 Å². The number of carbonyl (C=O) groups excluding carboxylic acids is 4. The lowest BCUT2D eigenvalue weighted by Crippen LogP contribution is -2.33. The first kappa shape index (κ1) is 38.6. The van der Waals surface area contributed by atoms with Crippen LogP contribution < -0.4 is 0 Å². The minimum absolute atomic E-state index is 0.119. The van der Waals surface area contributed by atoms with Gasteiger partial charge >= 0.3 is 24.2 Å². The van der Waals surface area contributed by atoms with Gasteiger partial charge in [0.1, 0.15) is 13.2 Å². The highest BCUT2D eigenvalue weighted by Crippen LogP contribution is 2.36. The van der Waals surface area contributed by atoms with E-state index in [0.29, 0.717) is 19.3 Å². The molecule has 0 radical (unpaired) electrons. The molecule has 268 valence electrons. The molecule has 0 aromatic heterocycles. The van der Waals surface area contributed by atoms with Crippen molar-refractivity contribution in [1.29, 1.82) is 0 Å². The van der Waals surface area contributed by atoms with Crippen molar-refractivity contribution in [2.24, 2.45) is 11.8 Å². The Hall–Kier alpha value is -2.86. The van der Waals surface area contributed by atoms with Crippen LogP contribution in [0.25, 0.3) is 0 Å². The Kier molecular flexibility index (Phi) is 18.0. The average Bonchev–Trinajstić information content (AvgIpc) is 3.69. The van der Waals surface area contributed by atoms with Crippen LogP contribution in [-0.2, 0) is 47.5 Å². The Labute approximate surface area is 279 Å². The van der Waals surface area contributed by atoms with E-state index >= 15 is 0 Å². The molecular weight excluding hydrogens is 612 g/mol. The van der Waals surface area contributed by atoms with Gasteiger partial charge in [-0.3, -0.25) is 9.59 Å². The van der Waals surface area contributed by atoms with E-state index in [1.165, 1.54) is 24.8 Å². The number of cyclic esters (lactones) is 4. The van der Waals surface area contributed by atoms with Crippen LogP contribution in [0.3, 0.4) is 0 Å². The average molecular weight is 669 g/mol. The summed E-state index contributed by atoms with van der Waals surface area (Å²) in [6.45, 7) is 6.47. The van der Waals surface area contributed by atoms with E-state index in [2.05, 4.69) is 13.0 Å². The van der Waals surface area contributed by atoms with Gasteiger partial charge in [0.2, 0.25) is 12.6 Å². The summed E-state index contributed by atoms with van der Waals surface area (Å²) in [5.74, 6) is -0.512. The molecule has 2 aliphatic heterocycles. The Morgan fingerprint density at radius 3 is 1.98 bits per heavy atom. The van der Waals surface area contributed by atoms with E-state index in [-0.39, 0.29) is 50.2 Å².